The minimum absolute atomic E-state index is 0.0932. The fourth-order valence-corrected chi connectivity index (χ4v) is 4.60. The molecule has 0 spiro atoms. The lowest BCUT2D eigenvalue weighted by molar-refractivity contribution is -0.136. The van der Waals surface area contributed by atoms with Crippen LogP contribution in [0.1, 0.15) is 71.9 Å². The summed E-state index contributed by atoms with van der Waals surface area (Å²) in [5, 5.41) is 13.3. The molecule has 1 aromatic heterocycles. The summed E-state index contributed by atoms with van der Waals surface area (Å²) in [4.78, 5) is 50.8. The van der Waals surface area contributed by atoms with Gasteiger partial charge in [0.2, 0.25) is 11.8 Å². The number of fused-ring (bicyclic) bond motifs is 1. The molecule has 4 amide bonds. The van der Waals surface area contributed by atoms with Gasteiger partial charge in [-0.05, 0) is 44.5 Å². The summed E-state index contributed by atoms with van der Waals surface area (Å²) >= 11 is 0. The minimum atomic E-state index is -0.976. The molecule has 0 aliphatic carbocycles. The largest absolute Gasteiger partial charge is 0.380 e. The Balaban J connectivity index is 0.00000133. The van der Waals surface area contributed by atoms with Gasteiger partial charge < -0.3 is 10.6 Å². The molecule has 10 nitrogen and oxygen atoms in total. The summed E-state index contributed by atoms with van der Waals surface area (Å²) in [6.45, 7) is 6.41. The van der Waals surface area contributed by atoms with Crippen LogP contribution in [0.15, 0.2) is 30.6 Å². The summed E-state index contributed by atoms with van der Waals surface area (Å²) in [5.74, 6) is -2.04. The summed E-state index contributed by atoms with van der Waals surface area (Å²) in [6.07, 6.45) is 6.11. The van der Waals surface area contributed by atoms with Crippen molar-refractivity contribution in [3.05, 3.63) is 47.3 Å². The molecule has 10 heteroatoms. The fourth-order valence-electron chi connectivity index (χ4n) is 4.60. The lowest BCUT2D eigenvalue weighted by Crippen LogP contribution is -2.54. The Kier molecular flexibility index (Phi) is 7.06. The number of anilines is 1. The summed E-state index contributed by atoms with van der Waals surface area (Å²) in [7, 11) is 0. The molecular weight excluding hydrogens is 436 g/mol. The van der Waals surface area contributed by atoms with Crippen LogP contribution in [-0.4, -0.2) is 57.4 Å². The smallest absolute Gasteiger partial charge is 0.264 e. The number of piperidine rings is 2. The van der Waals surface area contributed by atoms with Crippen LogP contribution < -0.4 is 16.0 Å². The van der Waals surface area contributed by atoms with Gasteiger partial charge in [0.1, 0.15) is 6.04 Å². The predicted octanol–water partition coefficient (Wildman–Crippen LogP) is 1.85. The zero-order valence-corrected chi connectivity index (χ0v) is 19.5. The summed E-state index contributed by atoms with van der Waals surface area (Å²) < 4.78 is 1.99. The summed E-state index contributed by atoms with van der Waals surface area (Å²) in [6, 6.07) is 4.44. The van der Waals surface area contributed by atoms with E-state index in [0.717, 1.165) is 36.4 Å². The second kappa shape index (κ2) is 10.2. The van der Waals surface area contributed by atoms with Gasteiger partial charge in [-0.3, -0.25) is 34.1 Å². The first-order valence-electron chi connectivity index (χ1n) is 11.8. The van der Waals surface area contributed by atoms with Crippen LogP contribution in [0.2, 0.25) is 0 Å². The Morgan fingerprint density at radius 2 is 1.82 bits per heavy atom. The van der Waals surface area contributed by atoms with Gasteiger partial charge in [0.15, 0.2) is 0 Å². The molecule has 1 aromatic carbocycles. The number of aromatic nitrogens is 2. The maximum atomic E-state index is 13.2. The van der Waals surface area contributed by atoms with E-state index in [2.05, 4.69) is 21.0 Å². The Hall–Kier alpha value is -3.53. The number of rotatable bonds is 5. The van der Waals surface area contributed by atoms with Crippen molar-refractivity contribution in [2.24, 2.45) is 0 Å². The molecule has 3 aliphatic rings. The quantitative estimate of drug-likeness (QED) is 0.574. The lowest BCUT2D eigenvalue weighted by Gasteiger charge is -2.27. The zero-order valence-electron chi connectivity index (χ0n) is 19.5. The monoisotopic (exact) mass is 466 g/mol. The first-order chi connectivity index (χ1) is 16.5. The highest BCUT2D eigenvalue weighted by molar-refractivity contribution is 6.25. The first-order valence-corrected chi connectivity index (χ1v) is 11.8. The van der Waals surface area contributed by atoms with Gasteiger partial charge in [-0.1, -0.05) is 19.9 Å². The third kappa shape index (κ3) is 4.45. The SMILES string of the molecule is CC.O=C1CCC(N2C(=O)c3cccc(NCc4cnn(C5CCNCC5)c4)c3C2=O)C(=O)N1. The molecule has 0 radical (unpaired) electrons. The third-order valence-corrected chi connectivity index (χ3v) is 6.29. The van der Waals surface area contributed by atoms with Crippen molar-refractivity contribution in [3.8, 4) is 0 Å². The molecular formula is C24H30N6O4. The number of hydrogen-bond donors (Lipinski definition) is 3. The van der Waals surface area contributed by atoms with Crippen LogP contribution in [0.3, 0.4) is 0 Å². The Labute approximate surface area is 198 Å². The molecule has 2 fully saturated rings. The van der Waals surface area contributed by atoms with Gasteiger partial charge in [0.05, 0.1) is 23.4 Å². The van der Waals surface area contributed by atoms with Gasteiger partial charge in [-0.25, -0.2) is 0 Å². The van der Waals surface area contributed by atoms with E-state index in [0.29, 0.717) is 18.3 Å². The van der Waals surface area contributed by atoms with Crippen molar-refractivity contribution in [1.29, 1.82) is 0 Å². The van der Waals surface area contributed by atoms with Crippen LogP contribution in [0.4, 0.5) is 5.69 Å². The van der Waals surface area contributed by atoms with Crippen molar-refractivity contribution >= 4 is 29.3 Å². The average Bonchev–Trinajstić information content (AvgIpc) is 3.43. The van der Waals surface area contributed by atoms with Crippen molar-refractivity contribution < 1.29 is 19.2 Å². The van der Waals surface area contributed by atoms with Gasteiger partial charge in [0, 0.05) is 30.4 Å². The molecule has 3 aliphatic heterocycles. The number of nitrogens with one attached hydrogen (secondary N) is 3. The van der Waals surface area contributed by atoms with E-state index < -0.39 is 29.7 Å². The number of benzene rings is 1. The average molecular weight is 467 g/mol. The fraction of sp³-hybridized carbons (Fsp3) is 0.458. The topological polar surface area (TPSA) is 125 Å². The number of carbonyl (C=O) groups excluding carboxylic acids is 4. The van der Waals surface area contributed by atoms with Crippen LogP contribution in [0, 0.1) is 0 Å². The van der Waals surface area contributed by atoms with Gasteiger partial charge >= 0.3 is 0 Å². The number of nitrogens with zero attached hydrogens (tertiary/aromatic N) is 3. The zero-order chi connectivity index (χ0) is 24.2. The normalized spacial score (nSPS) is 20.5. The molecule has 3 N–H and O–H groups in total. The van der Waals surface area contributed by atoms with Gasteiger partial charge in [-0.2, -0.15) is 5.10 Å². The van der Waals surface area contributed by atoms with Crippen molar-refractivity contribution in [2.45, 2.75) is 58.2 Å². The van der Waals surface area contributed by atoms with E-state index in [9.17, 15) is 19.2 Å². The molecule has 5 rings (SSSR count). The minimum Gasteiger partial charge on any atom is -0.380 e. The number of amides is 4. The highest BCUT2D eigenvalue weighted by atomic mass is 16.2. The maximum Gasteiger partial charge on any atom is 0.264 e. The molecule has 34 heavy (non-hydrogen) atoms. The molecule has 1 atom stereocenters. The molecule has 2 aromatic rings. The standard InChI is InChI=1S/C22H24N6O4.C2H6/c29-18-5-4-17(20(30)26-18)28-21(31)15-2-1-3-16(19(15)22(28)32)24-10-13-11-25-27(12-13)14-6-8-23-9-7-14;1-2/h1-3,11-12,14,17,23-24H,4-10H2,(H,26,29,30);1-2H3. The predicted molar refractivity (Wildman–Crippen MR) is 125 cm³/mol. The van der Waals surface area contributed by atoms with Gasteiger partial charge in [0.25, 0.3) is 11.8 Å². The van der Waals surface area contributed by atoms with Crippen LogP contribution in [-0.2, 0) is 16.1 Å². The highest BCUT2D eigenvalue weighted by Crippen LogP contribution is 2.32. The van der Waals surface area contributed by atoms with Crippen molar-refractivity contribution in [1.82, 2.24) is 25.3 Å². The Morgan fingerprint density at radius 1 is 1.06 bits per heavy atom. The van der Waals surface area contributed by atoms with E-state index in [1.54, 1.807) is 24.4 Å². The molecule has 2 saturated heterocycles. The molecule has 180 valence electrons. The number of carbonyl (C=O) groups is 4. The number of hydrogen-bond acceptors (Lipinski definition) is 7. The van der Waals surface area contributed by atoms with Crippen LogP contribution in [0.25, 0.3) is 0 Å². The van der Waals surface area contributed by atoms with E-state index >= 15 is 0 Å². The second-order valence-electron chi connectivity index (χ2n) is 8.34. The molecule has 0 bridgehead atoms. The third-order valence-electron chi connectivity index (χ3n) is 6.29. The second-order valence-corrected chi connectivity index (χ2v) is 8.34. The van der Waals surface area contributed by atoms with Crippen molar-refractivity contribution in [2.75, 3.05) is 18.4 Å². The van der Waals surface area contributed by atoms with Crippen LogP contribution in [0.5, 0.6) is 0 Å². The molecule has 1 unspecified atom stereocenters. The van der Waals surface area contributed by atoms with E-state index in [1.165, 1.54) is 0 Å². The Bertz CT molecular complexity index is 1100. The highest BCUT2D eigenvalue weighted by Gasteiger charge is 2.45. The van der Waals surface area contributed by atoms with E-state index in [1.807, 2.05) is 24.7 Å². The van der Waals surface area contributed by atoms with Crippen molar-refractivity contribution in [3.63, 3.8) is 0 Å². The summed E-state index contributed by atoms with van der Waals surface area (Å²) in [5.41, 5.74) is 2.02. The lowest BCUT2D eigenvalue weighted by atomic mass is 10.0. The van der Waals surface area contributed by atoms with E-state index in [-0.39, 0.29) is 24.0 Å². The number of imide groups is 2. The van der Waals surface area contributed by atoms with Gasteiger partial charge in [-0.15, -0.1) is 0 Å². The Morgan fingerprint density at radius 3 is 2.56 bits per heavy atom. The molecule has 4 heterocycles. The maximum absolute atomic E-state index is 13.2. The van der Waals surface area contributed by atoms with Crippen LogP contribution >= 0.6 is 0 Å². The first kappa shape index (κ1) is 23.6. The van der Waals surface area contributed by atoms with E-state index in [4.69, 9.17) is 0 Å². The molecule has 0 saturated carbocycles.